The van der Waals surface area contributed by atoms with Crippen molar-refractivity contribution in [1.82, 2.24) is 10.1 Å². The third kappa shape index (κ3) is 4.98. The summed E-state index contributed by atoms with van der Waals surface area (Å²) in [5.74, 6) is -0.681. The zero-order valence-corrected chi connectivity index (χ0v) is 14.5. The van der Waals surface area contributed by atoms with E-state index < -0.39 is 17.1 Å². The molecular weight excluding hydrogens is 334 g/mol. The fourth-order valence-corrected chi connectivity index (χ4v) is 3.21. The summed E-state index contributed by atoms with van der Waals surface area (Å²) in [6, 6.07) is 1.61. The Balaban J connectivity index is 1.78. The van der Waals surface area contributed by atoms with Gasteiger partial charge in [0.05, 0.1) is 16.9 Å². The molecule has 1 aromatic heterocycles. The Labute approximate surface area is 143 Å². The molecule has 8 nitrogen and oxygen atoms in total. The van der Waals surface area contributed by atoms with Gasteiger partial charge in [0.1, 0.15) is 5.76 Å². The molecule has 24 heavy (non-hydrogen) atoms. The number of anilines is 1. The van der Waals surface area contributed by atoms with E-state index in [-0.39, 0.29) is 24.1 Å². The van der Waals surface area contributed by atoms with Crippen molar-refractivity contribution in [3.8, 4) is 0 Å². The van der Waals surface area contributed by atoms with Gasteiger partial charge in [-0.2, -0.15) is 0 Å². The van der Waals surface area contributed by atoms with E-state index in [0.717, 1.165) is 0 Å². The average molecular weight is 355 g/mol. The summed E-state index contributed by atoms with van der Waals surface area (Å²) in [6.07, 6.45) is 1.29. The summed E-state index contributed by atoms with van der Waals surface area (Å²) < 4.78 is 4.87. The topological polar surface area (TPSA) is 113 Å². The molecule has 2 rings (SSSR count). The molecule has 1 saturated heterocycles. The minimum absolute atomic E-state index is 0.136. The predicted octanol–water partition coefficient (Wildman–Crippen LogP) is 1.37. The van der Waals surface area contributed by atoms with Gasteiger partial charge in [-0.1, -0.05) is 5.16 Å². The summed E-state index contributed by atoms with van der Waals surface area (Å²) >= 11 is 1.21. The number of carboxylic acid groups (broad SMARTS) is 1. The van der Waals surface area contributed by atoms with Crippen LogP contribution in [0, 0.1) is 12.8 Å². The molecule has 132 valence electrons. The Morgan fingerprint density at radius 3 is 2.92 bits per heavy atom. The van der Waals surface area contributed by atoms with Gasteiger partial charge in [-0.15, -0.1) is 11.8 Å². The van der Waals surface area contributed by atoms with Crippen molar-refractivity contribution in [3.05, 3.63) is 11.8 Å². The van der Waals surface area contributed by atoms with Crippen LogP contribution in [0.1, 0.15) is 25.5 Å². The molecule has 2 heterocycles. The number of aryl methyl sites for hydroxylation is 1. The number of carboxylic acids is 1. The maximum Gasteiger partial charge on any atom is 0.308 e. The number of carbonyl (C=O) groups excluding carboxylic acids is 2. The summed E-state index contributed by atoms with van der Waals surface area (Å²) in [4.78, 5) is 36.9. The molecule has 0 radical (unpaired) electrons. The van der Waals surface area contributed by atoms with Gasteiger partial charge >= 0.3 is 5.97 Å². The number of rotatable bonds is 6. The molecule has 2 N–H and O–H groups in total. The number of aliphatic carboxylic acids is 1. The van der Waals surface area contributed by atoms with E-state index in [0.29, 0.717) is 31.0 Å². The van der Waals surface area contributed by atoms with Crippen LogP contribution < -0.4 is 5.32 Å². The van der Waals surface area contributed by atoms with E-state index in [2.05, 4.69) is 10.5 Å². The lowest BCUT2D eigenvalue weighted by atomic mass is 9.98. The lowest BCUT2D eigenvalue weighted by molar-refractivity contribution is -0.145. The van der Waals surface area contributed by atoms with Crippen LogP contribution in [0.25, 0.3) is 0 Å². The number of aromatic nitrogens is 1. The number of thioether (sulfide) groups is 1. The highest BCUT2D eigenvalue weighted by Gasteiger charge is 2.28. The van der Waals surface area contributed by atoms with E-state index in [1.54, 1.807) is 24.8 Å². The SMILES string of the molecule is Cc1cc(NC(=O)C(C)SCC(=O)N2CCCC(C(=O)O)C2)no1. The summed E-state index contributed by atoms with van der Waals surface area (Å²) in [5, 5.41) is 14.9. The molecule has 1 aliphatic heterocycles. The van der Waals surface area contributed by atoms with Gasteiger partial charge in [-0.05, 0) is 26.7 Å². The van der Waals surface area contributed by atoms with E-state index in [4.69, 9.17) is 9.63 Å². The molecule has 1 aromatic rings. The molecule has 2 unspecified atom stereocenters. The first-order valence-electron chi connectivity index (χ1n) is 7.73. The molecule has 1 fully saturated rings. The predicted molar refractivity (Wildman–Crippen MR) is 88.7 cm³/mol. The Kier molecular flexibility index (Phi) is 6.24. The van der Waals surface area contributed by atoms with Gasteiger partial charge in [-0.25, -0.2) is 0 Å². The molecule has 2 atom stereocenters. The standard InChI is InChI=1S/C15H21N3O5S/c1-9-6-12(17-23-9)16-14(20)10(2)24-8-13(19)18-5-3-4-11(7-18)15(21)22/h6,10-11H,3-5,7-8H2,1-2H3,(H,21,22)(H,16,17,20). The van der Waals surface area contributed by atoms with Crippen LogP contribution in [-0.2, 0) is 14.4 Å². The smallest absolute Gasteiger partial charge is 0.308 e. The van der Waals surface area contributed by atoms with E-state index in [1.807, 2.05) is 0 Å². The van der Waals surface area contributed by atoms with E-state index in [1.165, 1.54) is 11.8 Å². The van der Waals surface area contributed by atoms with Gasteiger partial charge in [-0.3, -0.25) is 14.4 Å². The summed E-state index contributed by atoms with van der Waals surface area (Å²) in [6.45, 7) is 4.24. The molecule has 0 aromatic carbocycles. The summed E-state index contributed by atoms with van der Waals surface area (Å²) in [5.41, 5.74) is 0. The Morgan fingerprint density at radius 1 is 1.54 bits per heavy atom. The molecule has 0 saturated carbocycles. The van der Waals surface area contributed by atoms with Crippen molar-refractivity contribution in [2.45, 2.75) is 31.9 Å². The number of nitrogens with zero attached hydrogens (tertiary/aromatic N) is 2. The molecule has 2 amide bonds. The fraction of sp³-hybridized carbons (Fsp3) is 0.600. The molecule has 1 aliphatic rings. The first kappa shape index (κ1) is 18.3. The third-order valence-corrected chi connectivity index (χ3v) is 4.96. The first-order chi connectivity index (χ1) is 11.4. The van der Waals surface area contributed by atoms with Crippen LogP contribution >= 0.6 is 11.8 Å². The fourth-order valence-electron chi connectivity index (χ4n) is 2.42. The van der Waals surface area contributed by atoms with Gasteiger partial charge in [0, 0.05) is 19.2 Å². The second kappa shape index (κ2) is 8.18. The monoisotopic (exact) mass is 355 g/mol. The lowest BCUT2D eigenvalue weighted by Gasteiger charge is -2.30. The molecule has 0 aliphatic carbocycles. The second-order valence-electron chi connectivity index (χ2n) is 5.78. The van der Waals surface area contributed by atoms with Crippen LogP contribution in [-0.4, -0.2) is 57.0 Å². The zero-order chi connectivity index (χ0) is 17.7. The van der Waals surface area contributed by atoms with Crippen LogP contribution in [0.3, 0.4) is 0 Å². The first-order valence-corrected chi connectivity index (χ1v) is 8.78. The second-order valence-corrected chi connectivity index (χ2v) is 7.11. The maximum atomic E-state index is 12.2. The highest BCUT2D eigenvalue weighted by Crippen LogP contribution is 2.19. The maximum absolute atomic E-state index is 12.2. The molecule has 9 heteroatoms. The number of amides is 2. The van der Waals surface area contributed by atoms with Gasteiger partial charge in [0.15, 0.2) is 5.82 Å². The summed E-state index contributed by atoms with van der Waals surface area (Å²) in [7, 11) is 0. The molecule has 0 spiro atoms. The lowest BCUT2D eigenvalue weighted by Crippen LogP contribution is -2.43. The van der Waals surface area contributed by atoms with Crippen molar-refractivity contribution in [1.29, 1.82) is 0 Å². The minimum Gasteiger partial charge on any atom is -0.481 e. The zero-order valence-electron chi connectivity index (χ0n) is 13.7. The molecule has 0 bridgehead atoms. The van der Waals surface area contributed by atoms with Crippen LogP contribution in [0.15, 0.2) is 10.6 Å². The Bertz CT molecular complexity index is 618. The quantitative estimate of drug-likeness (QED) is 0.792. The number of hydrogen-bond donors (Lipinski definition) is 2. The number of piperidine rings is 1. The highest BCUT2D eigenvalue weighted by atomic mass is 32.2. The minimum atomic E-state index is -0.865. The van der Waals surface area contributed by atoms with Crippen molar-refractivity contribution in [3.63, 3.8) is 0 Å². The van der Waals surface area contributed by atoms with E-state index >= 15 is 0 Å². The highest BCUT2D eigenvalue weighted by molar-refractivity contribution is 8.01. The van der Waals surface area contributed by atoms with Crippen LogP contribution in [0.4, 0.5) is 5.82 Å². The largest absolute Gasteiger partial charge is 0.481 e. The van der Waals surface area contributed by atoms with Crippen LogP contribution in [0.2, 0.25) is 0 Å². The normalized spacial score (nSPS) is 18.9. The average Bonchev–Trinajstić information content (AvgIpc) is 2.97. The number of nitrogens with one attached hydrogen (secondary N) is 1. The Hall–Kier alpha value is -2.03. The van der Waals surface area contributed by atoms with E-state index in [9.17, 15) is 14.4 Å². The van der Waals surface area contributed by atoms with Gasteiger partial charge in [0.25, 0.3) is 0 Å². The van der Waals surface area contributed by atoms with Crippen molar-refractivity contribution in [2.24, 2.45) is 5.92 Å². The van der Waals surface area contributed by atoms with Gasteiger partial charge < -0.3 is 19.8 Å². The van der Waals surface area contributed by atoms with Crippen molar-refractivity contribution >= 4 is 35.4 Å². The third-order valence-electron chi connectivity index (χ3n) is 3.83. The van der Waals surface area contributed by atoms with Crippen molar-refractivity contribution < 1.29 is 24.0 Å². The number of likely N-dealkylation sites (tertiary alicyclic amines) is 1. The number of carbonyl (C=O) groups is 3. The van der Waals surface area contributed by atoms with Crippen LogP contribution in [0.5, 0.6) is 0 Å². The van der Waals surface area contributed by atoms with Crippen molar-refractivity contribution in [2.75, 3.05) is 24.2 Å². The Morgan fingerprint density at radius 2 is 2.29 bits per heavy atom. The molecular formula is C15H21N3O5S. The van der Waals surface area contributed by atoms with Gasteiger partial charge in [0.2, 0.25) is 11.8 Å². The number of hydrogen-bond acceptors (Lipinski definition) is 6.